The maximum Gasteiger partial charge on any atom is 0.302 e. The molecule has 5 nitrogen and oxygen atoms in total. The zero-order valence-corrected chi connectivity index (χ0v) is 12.7. The van der Waals surface area contributed by atoms with Crippen LogP contribution in [0.1, 0.15) is 6.92 Å². The fourth-order valence-corrected chi connectivity index (χ4v) is 2.70. The predicted octanol–water partition coefficient (Wildman–Crippen LogP) is 1.85. The molecule has 0 saturated heterocycles. The zero-order chi connectivity index (χ0) is 14.5. The van der Waals surface area contributed by atoms with Gasteiger partial charge in [-0.15, -0.1) is 6.58 Å². The second-order valence-corrected chi connectivity index (χ2v) is 6.35. The Bertz CT molecular complexity index is 554. The quantitative estimate of drug-likeness (QED) is 0.629. The molecule has 0 spiro atoms. The van der Waals surface area contributed by atoms with Gasteiger partial charge >= 0.3 is 5.97 Å². The third-order valence-corrected chi connectivity index (χ3v) is 4.22. The van der Waals surface area contributed by atoms with Crippen molar-refractivity contribution in [2.24, 2.45) is 0 Å². The predicted molar refractivity (Wildman–Crippen MR) is 75.1 cm³/mol. The number of ether oxygens (including phenoxy) is 1. The first-order valence-electron chi connectivity index (χ1n) is 5.39. The molecule has 1 aromatic carbocycles. The van der Waals surface area contributed by atoms with Gasteiger partial charge in [0.25, 0.3) is 0 Å². The second-order valence-electron chi connectivity index (χ2n) is 3.72. The fourth-order valence-electron chi connectivity index (χ4n) is 1.24. The van der Waals surface area contributed by atoms with Crippen LogP contribution in [-0.2, 0) is 19.6 Å². The minimum Gasteiger partial charge on any atom is -0.464 e. The van der Waals surface area contributed by atoms with Gasteiger partial charge in [-0.1, -0.05) is 22.0 Å². The Labute approximate surface area is 120 Å². The lowest BCUT2D eigenvalue weighted by Crippen LogP contribution is -2.37. The minimum absolute atomic E-state index is 0.0887. The van der Waals surface area contributed by atoms with Crippen molar-refractivity contribution >= 4 is 31.9 Å². The molecule has 0 heterocycles. The second kappa shape index (κ2) is 6.83. The molecular formula is C12H14BrNO4S. The number of carbonyl (C=O) groups excluding carboxylic acids is 1. The maximum absolute atomic E-state index is 12.0. The van der Waals surface area contributed by atoms with Crippen LogP contribution in [0, 0.1) is 0 Å². The van der Waals surface area contributed by atoms with Crippen LogP contribution in [0.5, 0.6) is 0 Å². The Kier molecular flexibility index (Phi) is 5.71. The molecular weight excluding hydrogens is 334 g/mol. The lowest BCUT2D eigenvalue weighted by Gasteiger charge is -2.14. The number of esters is 1. The normalized spacial score (nSPS) is 12.7. The summed E-state index contributed by atoms with van der Waals surface area (Å²) in [5, 5.41) is 0. The first-order chi connectivity index (χ1) is 8.85. The number of nitrogens with one attached hydrogen (secondary N) is 1. The SMILES string of the molecule is C=C[C@H](COC(C)=O)NS(=O)(=O)c1ccc(Br)cc1. The van der Waals surface area contributed by atoms with Gasteiger partial charge in [0.2, 0.25) is 10.0 Å². The Hall–Kier alpha value is -1.18. The molecule has 104 valence electrons. The van der Waals surface area contributed by atoms with Crippen molar-refractivity contribution in [1.29, 1.82) is 0 Å². The number of hydrogen-bond donors (Lipinski definition) is 1. The molecule has 0 bridgehead atoms. The molecule has 7 heteroatoms. The number of hydrogen-bond acceptors (Lipinski definition) is 4. The third kappa shape index (κ3) is 5.14. The van der Waals surface area contributed by atoms with E-state index in [2.05, 4.69) is 27.2 Å². The highest BCUT2D eigenvalue weighted by molar-refractivity contribution is 9.10. The largest absolute Gasteiger partial charge is 0.464 e. The first-order valence-corrected chi connectivity index (χ1v) is 7.66. The molecule has 1 atom stereocenters. The maximum atomic E-state index is 12.0. The summed E-state index contributed by atoms with van der Waals surface area (Å²) in [5.41, 5.74) is 0. The zero-order valence-electron chi connectivity index (χ0n) is 10.3. The van der Waals surface area contributed by atoms with E-state index in [1.54, 1.807) is 12.1 Å². The van der Waals surface area contributed by atoms with Gasteiger partial charge < -0.3 is 4.74 Å². The van der Waals surface area contributed by atoms with Crippen LogP contribution >= 0.6 is 15.9 Å². The summed E-state index contributed by atoms with van der Waals surface area (Å²) in [7, 11) is -3.67. The highest BCUT2D eigenvalue weighted by atomic mass is 79.9. The molecule has 0 fully saturated rings. The molecule has 0 saturated carbocycles. The molecule has 0 aliphatic carbocycles. The van der Waals surface area contributed by atoms with Gasteiger partial charge in [-0.25, -0.2) is 13.1 Å². The fraction of sp³-hybridized carbons (Fsp3) is 0.250. The molecule has 0 aliphatic rings. The van der Waals surface area contributed by atoms with Crippen LogP contribution in [0.25, 0.3) is 0 Å². The van der Waals surface area contributed by atoms with E-state index < -0.39 is 22.0 Å². The van der Waals surface area contributed by atoms with Crippen molar-refractivity contribution in [3.8, 4) is 0 Å². The number of benzene rings is 1. The van der Waals surface area contributed by atoms with Gasteiger partial charge in [0, 0.05) is 11.4 Å². The summed E-state index contributed by atoms with van der Waals surface area (Å²) in [6.07, 6.45) is 1.37. The molecule has 0 unspecified atom stereocenters. The molecule has 0 radical (unpaired) electrons. The lowest BCUT2D eigenvalue weighted by atomic mass is 10.3. The minimum atomic E-state index is -3.67. The number of sulfonamides is 1. The van der Waals surface area contributed by atoms with Crippen LogP contribution in [0.3, 0.4) is 0 Å². The van der Waals surface area contributed by atoms with Crippen LogP contribution in [0.2, 0.25) is 0 Å². The lowest BCUT2D eigenvalue weighted by molar-refractivity contribution is -0.141. The third-order valence-electron chi connectivity index (χ3n) is 2.18. The average molecular weight is 348 g/mol. The highest BCUT2D eigenvalue weighted by Crippen LogP contribution is 2.14. The Morgan fingerprint density at radius 1 is 1.47 bits per heavy atom. The van der Waals surface area contributed by atoms with E-state index in [1.807, 2.05) is 0 Å². The Balaban J connectivity index is 2.80. The van der Waals surface area contributed by atoms with Gasteiger partial charge in [-0.2, -0.15) is 0 Å². The van der Waals surface area contributed by atoms with Gasteiger partial charge in [0.1, 0.15) is 6.61 Å². The van der Waals surface area contributed by atoms with Gasteiger partial charge in [-0.05, 0) is 24.3 Å². The Morgan fingerprint density at radius 3 is 2.53 bits per heavy atom. The monoisotopic (exact) mass is 347 g/mol. The van der Waals surface area contributed by atoms with Crippen LogP contribution in [0.15, 0.2) is 46.3 Å². The van der Waals surface area contributed by atoms with Crippen molar-refractivity contribution in [3.05, 3.63) is 41.4 Å². The molecule has 0 amide bonds. The van der Waals surface area contributed by atoms with E-state index in [9.17, 15) is 13.2 Å². The van der Waals surface area contributed by atoms with E-state index in [-0.39, 0.29) is 11.5 Å². The van der Waals surface area contributed by atoms with E-state index >= 15 is 0 Å². The van der Waals surface area contributed by atoms with Crippen LogP contribution in [0.4, 0.5) is 0 Å². The van der Waals surface area contributed by atoms with Gasteiger partial charge in [-0.3, -0.25) is 4.79 Å². The number of carbonyl (C=O) groups is 1. The van der Waals surface area contributed by atoms with E-state index in [4.69, 9.17) is 4.74 Å². The van der Waals surface area contributed by atoms with E-state index in [1.165, 1.54) is 25.1 Å². The first kappa shape index (κ1) is 15.9. The molecule has 19 heavy (non-hydrogen) atoms. The molecule has 1 rings (SSSR count). The van der Waals surface area contributed by atoms with Crippen molar-refractivity contribution in [2.75, 3.05) is 6.61 Å². The van der Waals surface area contributed by atoms with Gasteiger partial charge in [0.15, 0.2) is 0 Å². The van der Waals surface area contributed by atoms with Crippen molar-refractivity contribution < 1.29 is 17.9 Å². The molecule has 0 aliphatic heterocycles. The highest BCUT2D eigenvalue weighted by Gasteiger charge is 2.18. The summed E-state index contributed by atoms with van der Waals surface area (Å²) >= 11 is 3.23. The number of halogens is 1. The summed E-state index contributed by atoms with van der Waals surface area (Å²) in [5.74, 6) is -0.477. The van der Waals surface area contributed by atoms with Crippen LogP contribution < -0.4 is 4.72 Å². The summed E-state index contributed by atoms with van der Waals surface area (Å²) in [6, 6.07) is 5.53. The van der Waals surface area contributed by atoms with E-state index in [0.29, 0.717) is 0 Å². The van der Waals surface area contributed by atoms with E-state index in [0.717, 1.165) is 4.47 Å². The smallest absolute Gasteiger partial charge is 0.302 e. The van der Waals surface area contributed by atoms with Crippen molar-refractivity contribution in [3.63, 3.8) is 0 Å². The van der Waals surface area contributed by atoms with Gasteiger partial charge in [0.05, 0.1) is 10.9 Å². The summed E-state index contributed by atoms with van der Waals surface area (Å²) < 4.78 is 32.0. The topological polar surface area (TPSA) is 72.5 Å². The summed E-state index contributed by atoms with van der Waals surface area (Å²) in [4.78, 5) is 10.8. The summed E-state index contributed by atoms with van der Waals surface area (Å²) in [6.45, 7) is 4.67. The molecule has 1 aromatic rings. The molecule has 1 N–H and O–H groups in total. The van der Waals surface area contributed by atoms with Crippen LogP contribution in [-0.4, -0.2) is 27.0 Å². The number of rotatable bonds is 6. The Morgan fingerprint density at radius 2 is 2.05 bits per heavy atom. The van der Waals surface area contributed by atoms with Crippen molar-refractivity contribution in [1.82, 2.24) is 4.72 Å². The van der Waals surface area contributed by atoms with Crippen molar-refractivity contribution in [2.45, 2.75) is 17.9 Å². The molecule has 0 aromatic heterocycles. The average Bonchev–Trinajstić information content (AvgIpc) is 2.34. The standard InChI is InChI=1S/C12H14BrNO4S/c1-3-11(8-18-9(2)15)14-19(16,17)12-6-4-10(13)5-7-12/h3-7,11,14H,1,8H2,2H3/t11-/m1/s1.